The number of halogens is 2. The first-order valence-corrected chi connectivity index (χ1v) is 9.67. The molecule has 0 bridgehead atoms. The summed E-state index contributed by atoms with van der Waals surface area (Å²) in [6.07, 6.45) is 4.70. The molecule has 1 aliphatic heterocycles. The van der Waals surface area contributed by atoms with Crippen LogP contribution >= 0.6 is 11.6 Å². The SMILES string of the molecule is Cn1cc([C@H]2CN(C(=O)CCc3ccc(Cl)c(F)c3)Cc3ccccc32)cn1. The number of amides is 1. The van der Waals surface area contributed by atoms with Crippen molar-refractivity contribution in [1.82, 2.24) is 14.7 Å². The minimum Gasteiger partial charge on any atom is -0.337 e. The van der Waals surface area contributed by atoms with Gasteiger partial charge in [0.15, 0.2) is 0 Å². The molecule has 1 aliphatic rings. The molecule has 0 saturated carbocycles. The lowest BCUT2D eigenvalue weighted by Gasteiger charge is -2.34. The van der Waals surface area contributed by atoms with Gasteiger partial charge in [-0.3, -0.25) is 9.48 Å². The summed E-state index contributed by atoms with van der Waals surface area (Å²) < 4.78 is 15.4. The minimum absolute atomic E-state index is 0.0683. The number of carbonyl (C=O) groups excluding carboxylic acids is 1. The van der Waals surface area contributed by atoms with Crippen molar-refractivity contribution in [3.05, 3.63) is 88.0 Å². The van der Waals surface area contributed by atoms with Crippen molar-refractivity contribution < 1.29 is 9.18 Å². The van der Waals surface area contributed by atoms with Gasteiger partial charge in [0.05, 0.1) is 11.2 Å². The Kier molecular flexibility index (Phi) is 5.18. The standard InChI is InChI=1S/C22H21ClFN3O/c1-26-12-17(11-25-26)19-14-27(13-16-4-2-3-5-18(16)19)22(28)9-7-15-6-8-20(23)21(24)10-15/h2-6,8,10-12,19H,7,9,13-14H2,1H3/t19-/m1/s1. The van der Waals surface area contributed by atoms with Crippen LogP contribution in [-0.2, 0) is 24.8 Å². The van der Waals surface area contributed by atoms with Crippen LogP contribution in [0.2, 0.25) is 5.02 Å². The first-order valence-electron chi connectivity index (χ1n) is 9.29. The molecule has 2 heterocycles. The van der Waals surface area contributed by atoms with Gasteiger partial charge in [-0.15, -0.1) is 0 Å². The summed E-state index contributed by atoms with van der Waals surface area (Å²) in [5, 5.41) is 4.39. The molecule has 4 rings (SSSR count). The molecule has 2 aromatic carbocycles. The number of aromatic nitrogens is 2. The highest BCUT2D eigenvalue weighted by Crippen LogP contribution is 2.33. The number of rotatable bonds is 4. The van der Waals surface area contributed by atoms with Crippen LogP contribution in [0.15, 0.2) is 54.9 Å². The van der Waals surface area contributed by atoms with Crippen LogP contribution in [0, 0.1) is 5.82 Å². The normalized spacial score (nSPS) is 16.1. The molecule has 0 radical (unpaired) electrons. The minimum atomic E-state index is -0.449. The Labute approximate surface area is 168 Å². The molecule has 0 fully saturated rings. The lowest BCUT2D eigenvalue weighted by atomic mass is 9.86. The van der Waals surface area contributed by atoms with Crippen molar-refractivity contribution in [2.45, 2.75) is 25.3 Å². The highest BCUT2D eigenvalue weighted by atomic mass is 35.5. The van der Waals surface area contributed by atoms with Gasteiger partial charge in [0.25, 0.3) is 0 Å². The summed E-state index contributed by atoms with van der Waals surface area (Å²) in [6, 6.07) is 12.9. The van der Waals surface area contributed by atoms with Gasteiger partial charge < -0.3 is 4.90 Å². The molecular weight excluding hydrogens is 377 g/mol. The molecular formula is C22H21ClFN3O. The molecule has 6 heteroatoms. The van der Waals surface area contributed by atoms with Gasteiger partial charge in [-0.05, 0) is 40.8 Å². The van der Waals surface area contributed by atoms with Gasteiger partial charge in [-0.2, -0.15) is 5.10 Å². The molecule has 144 valence electrons. The van der Waals surface area contributed by atoms with E-state index in [4.69, 9.17) is 11.6 Å². The van der Waals surface area contributed by atoms with Crippen LogP contribution in [-0.4, -0.2) is 27.1 Å². The third-order valence-corrected chi connectivity index (χ3v) is 5.59. The molecule has 0 spiro atoms. The molecule has 0 N–H and O–H groups in total. The molecule has 1 aromatic heterocycles. The topological polar surface area (TPSA) is 38.1 Å². The Morgan fingerprint density at radius 2 is 2.11 bits per heavy atom. The first kappa shape index (κ1) is 18.7. The van der Waals surface area contributed by atoms with E-state index in [0.717, 1.165) is 16.7 Å². The summed E-state index contributed by atoms with van der Waals surface area (Å²) >= 11 is 5.73. The Balaban J connectivity index is 1.51. The van der Waals surface area contributed by atoms with Crippen molar-refractivity contribution in [3.63, 3.8) is 0 Å². The maximum Gasteiger partial charge on any atom is 0.223 e. The zero-order valence-corrected chi connectivity index (χ0v) is 16.4. The van der Waals surface area contributed by atoms with E-state index in [1.807, 2.05) is 36.5 Å². The zero-order valence-electron chi connectivity index (χ0n) is 15.6. The molecule has 0 unspecified atom stereocenters. The number of benzene rings is 2. The quantitative estimate of drug-likeness (QED) is 0.657. The predicted octanol–water partition coefficient (Wildman–Crippen LogP) is 4.32. The maximum atomic E-state index is 13.6. The van der Waals surface area contributed by atoms with Crippen molar-refractivity contribution >= 4 is 17.5 Å². The number of nitrogens with zero attached hydrogens (tertiary/aromatic N) is 3. The fourth-order valence-electron chi connectivity index (χ4n) is 3.81. The second-order valence-corrected chi connectivity index (χ2v) is 7.63. The summed E-state index contributed by atoms with van der Waals surface area (Å²) in [6.45, 7) is 1.22. The van der Waals surface area contributed by atoms with E-state index in [-0.39, 0.29) is 16.8 Å². The highest BCUT2D eigenvalue weighted by Gasteiger charge is 2.29. The van der Waals surface area contributed by atoms with Crippen molar-refractivity contribution in [2.24, 2.45) is 7.05 Å². The summed E-state index contributed by atoms with van der Waals surface area (Å²) in [4.78, 5) is 14.8. The van der Waals surface area contributed by atoms with Crippen molar-refractivity contribution in [1.29, 1.82) is 0 Å². The number of hydrogen-bond acceptors (Lipinski definition) is 2. The Bertz CT molecular complexity index is 1020. The van der Waals surface area contributed by atoms with Crippen LogP contribution in [0.1, 0.15) is 34.6 Å². The monoisotopic (exact) mass is 397 g/mol. The van der Waals surface area contributed by atoms with E-state index < -0.39 is 5.82 Å². The van der Waals surface area contributed by atoms with Crippen LogP contribution in [0.4, 0.5) is 4.39 Å². The Morgan fingerprint density at radius 3 is 2.86 bits per heavy atom. The van der Waals surface area contributed by atoms with Gasteiger partial charge >= 0.3 is 0 Å². The van der Waals surface area contributed by atoms with Gasteiger partial charge in [-0.1, -0.05) is 41.9 Å². The first-order chi connectivity index (χ1) is 13.5. The van der Waals surface area contributed by atoms with E-state index in [9.17, 15) is 9.18 Å². The van der Waals surface area contributed by atoms with Crippen LogP contribution < -0.4 is 0 Å². The van der Waals surface area contributed by atoms with Crippen LogP contribution in [0.25, 0.3) is 0 Å². The lowest BCUT2D eigenvalue weighted by Crippen LogP contribution is -2.38. The number of hydrogen-bond donors (Lipinski definition) is 0. The summed E-state index contributed by atoms with van der Waals surface area (Å²) in [7, 11) is 1.90. The van der Waals surface area contributed by atoms with E-state index in [0.29, 0.717) is 25.9 Å². The van der Waals surface area contributed by atoms with Gasteiger partial charge in [0.2, 0.25) is 5.91 Å². The molecule has 0 saturated heterocycles. The van der Waals surface area contributed by atoms with E-state index in [2.05, 4.69) is 17.2 Å². The Morgan fingerprint density at radius 1 is 1.29 bits per heavy atom. The molecule has 1 amide bonds. The maximum absolute atomic E-state index is 13.6. The van der Waals surface area contributed by atoms with E-state index in [1.165, 1.54) is 17.7 Å². The molecule has 3 aromatic rings. The summed E-state index contributed by atoms with van der Waals surface area (Å²) in [5.41, 5.74) is 4.29. The molecule has 0 aliphatic carbocycles. The van der Waals surface area contributed by atoms with E-state index in [1.54, 1.807) is 10.7 Å². The average Bonchev–Trinajstić information content (AvgIpc) is 3.14. The van der Waals surface area contributed by atoms with Crippen molar-refractivity contribution in [3.8, 4) is 0 Å². The fraction of sp³-hybridized carbons (Fsp3) is 0.273. The molecule has 4 nitrogen and oxygen atoms in total. The van der Waals surface area contributed by atoms with Crippen LogP contribution in [0.3, 0.4) is 0 Å². The molecule has 1 atom stereocenters. The molecule has 28 heavy (non-hydrogen) atoms. The summed E-state index contributed by atoms with van der Waals surface area (Å²) in [5.74, 6) is -0.274. The zero-order chi connectivity index (χ0) is 19.7. The third kappa shape index (κ3) is 3.80. The second kappa shape index (κ2) is 7.76. The second-order valence-electron chi connectivity index (χ2n) is 7.22. The fourth-order valence-corrected chi connectivity index (χ4v) is 3.92. The number of aryl methyl sites for hydroxylation is 2. The van der Waals surface area contributed by atoms with Crippen molar-refractivity contribution in [2.75, 3.05) is 6.54 Å². The predicted molar refractivity (Wildman–Crippen MR) is 107 cm³/mol. The van der Waals surface area contributed by atoms with Crippen LogP contribution in [0.5, 0.6) is 0 Å². The van der Waals surface area contributed by atoms with Gasteiger partial charge in [0.1, 0.15) is 5.82 Å². The average molecular weight is 398 g/mol. The lowest BCUT2D eigenvalue weighted by molar-refractivity contribution is -0.132. The third-order valence-electron chi connectivity index (χ3n) is 5.29. The smallest absolute Gasteiger partial charge is 0.223 e. The van der Waals surface area contributed by atoms with E-state index >= 15 is 0 Å². The highest BCUT2D eigenvalue weighted by molar-refractivity contribution is 6.30. The number of carbonyl (C=O) groups is 1. The van der Waals surface area contributed by atoms with Gasteiger partial charge in [-0.25, -0.2) is 4.39 Å². The van der Waals surface area contributed by atoms with Gasteiger partial charge in [0, 0.05) is 38.7 Å². The number of fused-ring (bicyclic) bond motifs is 1. The largest absolute Gasteiger partial charge is 0.337 e. The Hall–Kier alpha value is -2.66.